The van der Waals surface area contributed by atoms with E-state index in [0.29, 0.717) is 11.4 Å². The number of hydrogen-bond donors (Lipinski definition) is 4. The van der Waals surface area contributed by atoms with Crippen LogP contribution in [-0.2, 0) is 27.4 Å². The van der Waals surface area contributed by atoms with Gasteiger partial charge in [0.25, 0.3) is 0 Å². The van der Waals surface area contributed by atoms with Crippen molar-refractivity contribution in [1.82, 2.24) is 20.4 Å². The molecule has 4 amide bonds. The van der Waals surface area contributed by atoms with Crippen LogP contribution in [0, 0.1) is 12.8 Å². The Kier molecular flexibility index (Phi) is 11.7. The van der Waals surface area contributed by atoms with Crippen LogP contribution >= 0.6 is 0 Å². The van der Waals surface area contributed by atoms with E-state index >= 15 is 0 Å². The molecular formula is C35H46N6O6. The highest BCUT2D eigenvalue weighted by Crippen LogP contribution is 2.38. The Morgan fingerprint density at radius 2 is 1.70 bits per heavy atom. The molecule has 0 saturated carbocycles. The third-order valence-corrected chi connectivity index (χ3v) is 8.15. The van der Waals surface area contributed by atoms with Gasteiger partial charge in [0.05, 0.1) is 6.04 Å². The molecule has 0 bridgehead atoms. The van der Waals surface area contributed by atoms with Crippen molar-refractivity contribution < 1.29 is 28.7 Å². The first-order chi connectivity index (χ1) is 22.3. The number of nitrogens with zero attached hydrogens (tertiary/aromatic N) is 2. The standard InChI is InChI=1S/C35H46N6O6/c1-21(2)31(40(5)6)33(43)38-23(4)32(42)39-25-13-11-24(12-14-25)20-46-35(45)41(7)18-17-37-34(44)47-29-19-28-26(15-16-36-28)30-22(3)9-8-10-27(29)30/h8-14,19,21,23,31,36H,15-18,20H2,1-7H3,(H,37,44)(H,38,43)(H,39,42)/t23-,31?/m0/s1. The van der Waals surface area contributed by atoms with Crippen molar-refractivity contribution in [2.45, 2.75) is 52.8 Å². The van der Waals surface area contributed by atoms with Crippen LogP contribution in [0.3, 0.4) is 0 Å². The number of aryl methyl sites for hydroxylation is 1. The van der Waals surface area contributed by atoms with E-state index in [1.165, 1.54) is 10.5 Å². The molecule has 0 aliphatic carbocycles. The van der Waals surface area contributed by atoms with Gasteiger partial charge in [-0.25, -0.2) is 9.59 Å². The summed E-state index contributed by atoms with van der Waals surface area (Å²) in [5.41, 5.74) is 4.62. The summed E-state index contributed by atoms with van der Waals surface area (Å²) < 4.78 is 11.1. The molecule has 1 unspecified atom stereocenters. The zero-order chi connectivity index (χ0) is 34.2. The van der Waals surface area contributed by atoms with E-state index in [1.54, 1.807) is 38.2 Å². The Morgan fingerprint density at radius 1 is 0.979 bits per heavy atom. The smallest absolute Gasteiger partial charge is 0.412 e. The zero-order valence-corrected chi connectivity index (χ0v) is 28.2. The Morgan fingerprint density at radius 3 is 2.38 bits per heavy atom. The van der Waals surface area contributed by atoms with E-state index in [0.717, 1.165) is 40.6 Å². The van der Waals surface area contributed by atoms with E-state index in [4.69, 9.17) is 9.47 Å². The molecule has 47 heavy (non-hydrogen) atoms. The largest absolute Gasteiger partial charge is 0.445 e. The highest BCUT2D eigenvalue weighted by Gasteiger charge is 2.27. The van der Waals surface area contributed by atoms with Gasteiger partial charge in [-0.1, -0.05) is 44.2 Å². The number of carbonyl (C=O) groups excluding carboxylic acids is 4. The molecule has 1 aliphatic heterocycles. The fourth-order valence-electron chi connectivity index (χ4n) is 5.77. The van der Waals surface area contributed by atoms with Gasteiger partial charge in [0.2, 0.25) is 11.8 Å². The summed E-state index contributed by atoms with van der Waals surface area (Å²) in [7, 11) is 5.25. The van der Waals surface area contributed by atoms with E-state index in [2.05, 4.69) is 34.3 Å². The number of amides is 4. The topological polar surface area (TPSA) is 141 Å². The second-order valence-electron chi connectivity index (χ2n) is 12.4. The Balaban J connectivity index is 1.19. The SMILES string of the molecule is Cc1cccc2c(OC(=O)NCCN(C)C(=O)OCc3ccc(NC(=O)[C@H](C)NC(=O)C(C(C)C)N(C)C)cc3)cc3c(c12)CCN3. The van der Waals surface area contributed by atoms with Crippen molar-refractivity contribution >= 4 is 46.1 Å². The van der Waals surface area contributed by atoms with Gasteiger partial charge >= 0.3 is 12.2 Å². The summed E-state index contributed by atoms with van der Waals surface area (Å²) >= 11 is 0. The minimum atomic E-state index is -0.725. The summed E-state index contributed by atoms with van der Waals surface area (Å²) in [5, 5.41) is 13.6. The van der Waals surface area contributed by atoms with Gasteiger partial charge in [0.1, 0.15) is 18.4 Å². The van der Waals surface area contributed by atoms with Crippen molar-refractivity contribution in [2.24, 2.45) is 5.92 Å². The Labute approximate surface area is 276 Å². The first-order valence-electron chi connectivity index (χ1n) is 15.8. The van der Waals surface area contributed by atoms with Crippen LogP contribution in [0.1, 0.15) is 37.5 Å². The molecule has 0 aromatic heterocycles. The van der Waals surface area contributed by atoms with Crippen LogP contribution < -0.4 is 26.0 Å². The molecule has 4 rings (SSSR count). The molecule has 0 fully saturated rings. The Bertz CT molecular complexity index is 1600. The normalized spacial score (nSPS) is 13.4. The lowest BCUT2D eigenvalue weighted by atomic mass is 9.97. The highest BCUT2D eigenvalue weighted by molar-refractivity contribution is 5.99. The van der Waals surface area contributed by atoms with Gasteiger partial charge in [0, 0.05) is 49.5 Å². The second-order valence-corrected chi connectivity index (χ2v) is 12.4. The molecule has 4 N–H and O–H groups in total. The number of benzene rings is 3. The van der Waals surface area contributed by atoms with E-state index in [-0.39, 0.29) is 43.5 Å². The van der Waals surface area contributed by atoms with Crippen LogP contribution in [0.2, 0.25) is 0 Å². The van der Waals surface area contributed by atoms with Gasteiger partial charge in [-0.2, -0.15) is 0 Å². The first kappa shape index (κ1) is 35.0. The first-order valence-corrected chi connectivity index (χ1v) is 15.8. The molecule has 3 aromatic carbocycles. The number of fused-ring (bicyclic) bond motifs is 3. The predicted molar refractivity (Wildman–Crippen MR) is 183 cm³/mol. The monoisotopic (exact) mass is 646 g/mol. The van der Waals surface area contributed by atoms with Crippen LogP contribution in [0.4, 0.5) is 21.0 Å². The predicted octanol–water partition coefficient (Wildman–Crippen LogP) is 4.50. The third-order valence-electron chi connectivity index (χ3n) is 8.15. The van der Waals surface area contributed by atoms with Crippen LogP contribution in [0.25, 0.3) is 10.8 Å². The van der Waals surface area contributed by atoms with E-state index in [1.807, 2.05) is 51.0 Å². The van der Waals surface area contributed by atoms with E-state index in [9.17, 15) is 19.2 Å². The highest BCUT2D eigenvalue weighted by atomic mass is 16.6. The molecule has 0 spiro atoms. The number of carbonyl (C=O) groups is 4. The van der Waals surface area contributed by atoms with Crippen LogP contribution in [0.15, 0.2) is 48.5 Å². The van der Waals surface area contributed by atoms with Crippen molar-refractivity contribution in [2.75, 3.05) is 51.4 Å². The fourth-order valence-corrected chi connectivity index (χ4v) is 5.77. The lowest BCUT2D eigenvalue weighted by Gasteiger charge is -2.28. The second kappa shape index (κ2) is 15.6. The molecule has 1 aliphatic rings. The van der Waals surface area contributed by atoms with Gasteiger partial charge < -0.3 is 35.6 Å². The molecule has 252 valence electrons. The van der Waals surface area contributed by atoms with Gasteiger partial charge in [-0.15, -0.1) is 0 Å². The van der Waals surface area contributed by atoms with Crippen molar-refractivity contribution in [3.8, 4) is 5.75 Å². The molecule has 3 aromatic rings. The number of hydrogen-bond acceptors (Lipinski definition) is 8. The Hall–Kier alpha value is -4.84. The maximum atomic E-state index is 12.7. The van der Waals surface area contributed by atoms with E-state index < -0.39 is 18.2 Å². The maximum Gasteiger partial charge on any atom is 0.412 e. The number of ether oxygens (including phenoxy) is 2. The lowest BCUT2D eigenvalue weighted by Crippen LogP contribution is -2.51. The zero-order valence-electron chi connectivity index (χ0n) is 28.2. The van der Waals surface area contributed by atoms with Gasteiger partial charge in [0.15, 0.2) is 0 Å². The molecule has 12 heteroatoms. The number of anilines is 2. The minimum Gasteiger partial charge on any atom is -0.445 e. The number of rotatable bonds is 12. The average molecular weight is 647 g/mol. The van der Waals surface area contributed by atoms with Gasteiger partial charge in [-0.3, -0.25) is 14.5 Å². The van der Waals surface area contributed by atoms with Crippen LogP contribution in [0.5, 0.6) is 5.75 Å². The van der Waals surface area contributed by atoms with Crippen molar-refractivity contribution in [1.29, 1.82) is 0 Å². The fraction of sp³-hybridized carbons (Fsp3) is 0.429. The summed E-state index contributed by atoms with van der Waals surface area (Å²) in [6.07, 6.45) is -0.233. The number of nitrogens with one attached hydrogen (secondary N) is 4. The van der Waals surface area contributed by atoms with Gasteiger partial charge in [-0.05, 0) is 74.5 Å². The molecule has 12 nitrogen and oxygen atoms in total. The summed E-state index contributed by atoms with van der Waals surface area (Å²) in [6, 6.07) is 13.6. The molecule has 0 radical (unpaired) electrons. The quantitative estimate of drug-likeness (QED) is 0.226. The third kappa shape index (κ3) is 8.91. The average Bonchev–Trinajstić information content (AvgIpc) is 3.48. The summed E-state index contributed by atoms with van der Waals surface area (Å²) in [4.78, 5) is 53.7. The lowest BCUT2D eigenvalue weighted by molar-refractivity contribution is -0.130. The molecule has 2 atom stereocenters. The molecule has 0 saturated heterocycles. The van der Waals surface area contributed by atoms with Crippen molar-refractivity contribution in [3.05, 3.63) is 65.2 Å². The molecule has 1 heterocycles. The number of likely N-dealkylation sites (N-methyl/N-ethyl adjacent to an activating group) is 2. The van der Waals surface area contributed by atoms with Crippen molar-refractivity contribution in [3.63, 3.8) is 0 Å². The summed E-state index contributed by atoms with van der Waals surface area (Å²) in [5.74, 6) is 0.0211. The molecular weight excluding hydrogens is 600 g/mol. The maximum absolute atomic E-state index is 12.7. The minimum absolute atomic E-state index is 0.0271. The van der Waals surface area contributed by atoms with Crippen LogP contribution in [-0.4, -0.2) is 86.7 Å². The summed E-state index contributed by atoms with van der Waals surface area (Å²) in [6.45, 7) is 8.86.